The summed E-state index contributed by atoms with van der Waals surface area (Å²) >= 11 is 0. The summed E-state index contributed by atoms with van der Waals surface area (Å²) in [4.78, 5) is 3.17. The standard InChI is InChI=1S/C15H20N2O2/c1-12-5-6-14(15(10-12)19-9-8-18-2)17-11-13-4-3-7-16-13/h3-7,10,16-17H,8-9,11H2,1-2H3. The molecule has 0 bridgehead atoms. The number of H-pyrrole nitrogens is 1. The number of hydrogen-bond acceptors (Lipinski definition) is 3. The van der Waals surface area contributed by atoms with Gasteiger partial charge in [0, 0.05) is 19.0 Å². The van der Waals surface area contributed by atoms with E-state index in [1.54, 1.807) is 7.11 Å². The predicted molar refractivity (Wildman–Crippen MR) is 76.7 cm³/mol. The number of aryl methyl sites for hydroxylation is 1. The lowest BCUT2D eigenvalue weighted by molar-refractivity contribution is 0.146. The van der Waals surface area contributed by atoms with Crippen LogP contribution in [0.1, 0.15) is 11.3 Å². The number of benzene rings is 1. The molecule has 0 aliphatic rings. The van der Waals surface area contributed by atoms with E-state index in [2.05, 4.69) is 23.3 Å². The number of aromatic amines is 1. The Bertz CT molecular complexity index is 495. The van der Waals surface area contributed by atoms with Crippen molar-refractivity contribution in [3.63, 3.8) is 0 Å². The minimum absolute atomic E-state index is 0.553. The number of methoxy groups -OCH3 is 1. The van der Waals surface area contributed by atoms with E-state index < -0.39 is 0 Å². The number of aromatic nitrogens is 1. The molecule has 2 N–H and O–H groups in total. The molecule has 0 amide bonds. The molecule has 0 saturated heterocycles. The minimum atomic E-state index is 0.553. The van der Waals surface area contributed by atoms with Gasteiger partial charge in [-0.2, -0.15) is 0 Å². The third kappa shape index (κ3) is 4.03. The second kappa shape index (κ2) is 6.85. The van der Waals surface area contributed by atoms with Gasteiger partial charge in [-0.25, -0.2) is 0 Å². The second-order valence-electron chi connectivity index (χ2n) is 4.39. The first-order chi connectivity index (χ1) is 9.29. The molecule has 2 aromatic rings. The topological polar surface area (TPSA) is 46.3 Å². The first kappa shape index (κ1) is 13.5. The van der Waals surface area contributed by atoms with Crippen LogP contribution in [-0.2, 0) is 11.3 Å². The first-order valence-corrected chi connectivity index (χ1v) is 6.38. The summed E-state index contributed by atoms with van der Waals surface area (Å²) < 4.78 is 10.7. The zero-order chi connectivity index (χ0) is 13.5. The molecule has 0 radical (unpaired) electrons. The fourth-order valence-corrected chi connectivity index (χ4v) is 1.80. The molecule has 1 aromatic heterocycles. The Balaban J connectivity index is 2.01. The van der Waals surface area contributed by atoms with Crippen molar-refractivity contribution in [1.82, 2.24) is 4.98 Å². The smallest absolute Gasteiger partial charge is 0.142 e. The minimum Gasteiger partial charge on any atom is -0.489 e. The Morgan fingerprint density at radius 3 is 2.84 bits per heavy atom. The average molecular weight is 260 g/mol. The molecule has 102 valence electrons. The number of ether oxygens (including phenoxy) is 2. The molecule has 19 heavy (non-hydrogen) atoms. The number of nitrogens with one attached hydrogen (secondary N) is 2. The average Bonchev–Trinajstić information content (AvgIpc) is 2.91. The quantitative estimate of drug-likeness (QED) is 0.752. The van der Waals surface area contributed by atoms with Crippen molar-refractivity contribution in [1.29, 1.82) is 0 Å². The van der Waals surface area contributed by atoms with E-state index in [1.165, 1.54) is 5.56 Å². The molecule has 0 unspecified atom stereocenters. The summed E-state index contributed by atoms with van der Waals surface area (Å²) in [5.74, 6) is 0.864. The molecule has 4 nitrogen and oxygen atoms in total. The first-order valence-electron chi connectivity index (χ1n) is 6.38. The van der Waals surface area contributed by atoms with E-state index in [-0.39, 0.29) is 0 Å². The lowest BCUT2D eigenvalue weighted by atomic mass is 10.2. The summed E-state index contributed by atoms with van der Waals surface area (Å²) in [6.45, 7) is 3.94. The molecule has 0 aliphatic carbocycles. The van der Waals surface area contributed by atoms with Crippen molar-refractivity contribution in [2.45, 2.75) is 13.5 Å². The molecule has 1 heterocycles. The van der Waals surface area contributed by atoms with Crippen LogP contribution in [0.15, 0.2) is 36.5 Å². The lowest BCUT2D eigenvalue weighted by Gasteiger charge is -2.13. The third-order valence-electron chi connectivity index (χ3n) is 2.81. The maximum Gasteiger partial charge on any atom is 0.142 e. The fraction of sp³-hybridized carbons (Fsp3) is 0.333. The van der Waals surface area contributed by atoms with Gasteiger partial charge in [-0.1, -0.05) is 6.07 Å². The van der Waals surface area contributed by atoms with Crippen LogP contribution in [0.4, 0.5) is 5.69 Å². The van der Waals surface area contributed by atoms with E-state index in [0.717, 1.165) is 23.7 Å². The van der Waals surface area contributed by atoms with Gasteiger partial charge in [0.2, 0.25) is 0 Å². The van der Waals surface area contributed by atoms with Crippen LogP contribution in [0.5, 0.6) is 5.75 Å². The van der Waals surface area contributed by atoms with Gasteiger partial charge < -0.3 is 19.8 Å². The van der Waals surface area contributed by atoms with Crippen LogP contribution in [0, 0.1) is 6.92 Å². The summed E-state index contributed by atoms with van der Waals surface area (Å²) in [5, 5.41) is 3.37. The highest BCUT2D eigenvalue weighted by molar-refractivity contribution is 5.57. The van der Waals surface area contributed by atoms with Crippen molar-refractivity contribution in [2.75, 3.05) is 25.6 Å². The van der Waals surface area contributed by atoms with E-state index in [0.29, 0.717) is 13.2 Å². The van der Waals surface area contributed by atoms with Crippen molar-refractivity contribution < 1.29 is 9.47 Å². The summed E-state index contributed by atoms with van der Waals surface area (Å²) in [6, 6.07) is 10.2. The third-order valence-corrected chi connectivity index (χ3v) is 2.81. The maximum absolute atomic E-state index is 5.73. The second-order valence-corrected chi connectivity index (χ2v) is 4.39. The highest BCUT2D eigenvalue weighted by atomic mass is 16.5. The Kier molecular flexibility index (Phi) is 4.86. The van der Waals surface area contributed by atoms with Crippen molar-refractivity contribution in [3.05, 3.63) is 47.8 Å². The van der Waals surface area contributed by atoms with Crippen LogP contribution in [-0.4, -0.2) is 25.3 Å². The highest BCUT2D eigenvalue weighted by Gasteiger charge is 2.04. The van der Waals surface area contributed by atoms with Gasteiger partial charge in [0.25, 0.3) is 0 Å². The van der Waals surface area contributed by atoms with Crippen molar-refractivity contribution in [3.8, 4) is 5.75 Å². The number of hydrogen-bond donors (Lipinski definition) is 2. The Hall–Kier alpha value is -1.94. The molecule has 0 atom stereocenters. The zero-order valence-electron chi connectivity index (χ0n) is 11.4. The maximum atomic E-state index is 5.73. The molecule has 4 heteroatoms. The summed E-state index contributed by atoms with van der Waals surface area (Å²) in [7, 11) is 1.67. The SMILES string of the molecule is COCCOc1cc(C)ccc1NCc1ccc[nH]1. The molecule has 2 rings (SSSR count). The van der Waals surface area contributed by atoms with Crippen molar-refractivity contribution in [2.24, 2.45) is 0 Å². The number of rotatable bonds is 7. The molecule has 1 aromatic carbocycles. The molecular weight excluding hydrogens is 240 g/mol. The van der Waals surface area contributed by atoms with E-state index in [4.69, 9.17) is 9.47 Å². The van der Waals surface area contributed by atoms with E-state index in [1.807, 2.05) is 30.5 Å². The molecule has 0 fully saturated rings. The van der Waals surface area contributed by atoms with Crippen molar-refractivity contribution >= 4 is 5.69 Å². The van der Waals surface area contributed by atoms with E-state index in [9.17, 15) is 0 Å². The van der Waals surface area contributed by atoms with Gasteiger partial charge in [-0.05, 0) is 36.8 Å². The van der Waals surface area contributed by atoms with Crippen LogP contribution >= 0.6 is 0 Å². The summed E-state index contributed by atoms with van der Waals surface area (Å²) in [6.07, 6.45) is 1.92. The predicted octanol–water partition coefficient (Wildman–Crippen LogP) is 2.96. The van der Waals surface area contributed by atoms with Gasteiger partial charge in [-0.3, -0.25) is 0 Å². The van der Waals surface area contributed by atoms with Crippen LogP contribution in [0.3, 0.4) is 0 Å². The highest BCUT2D eigenvalue weighted by Crippen LogP contribution is 2.26. The van der Waals surface area contributed by atoms with Crippen LogP contribution < -0.4 is 10.1 Å². The zero-order valence-corrected chi connectivity index (χ0v) is 11.4. The normalized spacial score (nSPS) is 10.4. The van der Waals surface area contributed by atoms with Crippen LogP contribution in [0.25, 0.3) is 0 Å². The van der Waals surface area contributed by atoms with Gasteiger partial charge in [0.15, 0.2) is 0 Å². The molecule has 0 spiro atoms. The van der Waals surface area contributed by atoms with Gasteiger partial charge in [0.1, 0.15) is 12.4 Å². The molecule has 0 saturated carbocycles. The van der Waals surface area contributed by atoms with Gasteiger partial charge >= 0.3 is 0 Å². The van der Waals surface area contributed by atoms with E-state index >= 15 is 0 Å². The van der Waals surface area contributed by atoms with Gasteiger partial charge in [-0.15, -0.1) is 0 Å². The van der Waals surface area contributed by atoms with Gasteiger partial charge in [0.05, 0.1) is 18.8 Å². The molecular formula is C15H20N2O2. The Morgan fingerprint density at radius 2 is 2.11 bits per heavy atom. The fourth-order valence-electron chi connectivity index (χ4n) is 1.80. The molecule has 0 aliphatic heterocycles. The number of anilines is 1. The largest absolute Gasteiger partial charge is 0.489 e. The lowest BCUT2D eigenvalue weighted by Crippen LogP contribution is -2.07. The Morgan fingerprint density at radius 1 is 1.21 bits per heavy atom. The summed E-state index contributed by atoms with van der Waals surface area (Å²) in [5.41, 5.74) is 3.32. The Labute approximate surface area is 113 Å². The van der Waals surface area contributed by atoms with Crippen LogP contribution in [0.2, 0.25) is 0 Å². The monoisotopic (exact) mass is 260 g/mol.